The van der Waals surface area contributed by atoms with Gasteiger partial charge in [-0.15, -0.1) is 16.4 Å². The molecule has 0 saturated carbocycles. The molecule has 0 amide bonds. The van der Waals surface area contributed by atoms with Crippen LogP contribution < -0.4 is 5.32 Å². The lowest BCUT2D eigenvalue weighted by atomic mass is 10.5. The van der Waals surface area contributed by atoms with Gasteiger partial charge in [0.15, 0.2) is 5.69 Å². The molecule has 2 aromatic rings. The summed E-state index contributed by atoms with van der Waals surface area (Å²) in [5.74, 6) is -1.06. The summed E-state index contributed by atoms with van der Waals surface area (Å²) in [7, 11) is 0. The zero-order chi connectivity index (χ0) is 13.0. The van der Waals surface area contributed by atoms with E-state index < -0.39 is 5.97 Å². The maximum atomic E-state index is 10.6. The molecule has 0 unspecified atom stereocenters. The summed E-state index contributed by atoms with van der Waals surface area (Å²) in [5, 5.41) is 22.2. The second kappa shape index (κ2) is 5.69. The quantitative estimate of drug-likeness (QED) is 0.742. The lowest BCUT2D eigenvalue weighted by molar-refractivity contribution is 0.0690. The summed E-state index contributed by atoms with van der Waals surface area (Å²) in [5.41, 5.74) is 0.990. The van der Waals surface area contributed by atoms with Gasteiger partial charge in [-0.05, 0) is 6.92 Å². The molecule has 2 aromatic heterocycles. The number of rotatable bonds is 6. The predicted molar refractivity (Wildman–Crippen MR) is 65.5 cm³/mol. The Morgan fingerprint density at radius 2 is 2.44 bits per heavy atom. The fourth-order valence-corrected chi connectivity index (χ4v) is 2.12. The van der Waals surface area contributed by atoms with Crippen LogP contribution in [-0.2, 0) is 13.1 Å². The van der Waals surface area contributed by atoms with Crippen LogP contribution in [0.15, 0.2) is 11.6 Å². The molecule has 0 aromatic carbocycles. The molecule has 2 heterocycles. The van der Waals surface area contributed by atoms with Gasteiger partial charge >= 0.3 is 5.97 Å². The van der Waals surface area contributed by atoms with Gasteiger partial charge in [0.1, 0.15) is 5.01 Å². The summed E-state index contributed by atoms with van der Waals surface area (Å²) < 4.78 is 1.50. The highest BCUT2D eigenvalue weighted by Gasteiger charge is 2.07. The zero-order valence-electron chi connectivity index (χ0n) is 9.83. The van der Waals surface area contributed by atoms with Crippen LogP contribution in [0.1, 0.15) is 21.2 Å². The van der Waals surface area contributed by atoms with Crippen molar-refractivity contribution < 1.29 is 9.90 Å². The van der Waals surface area contributed by atoms with Crippen molar-refractivity contribution >= 4 is 17.3 Å². The van der Waals surface area contributed by atoms with E-state index in [1.165, 1.54) is 10.9 Å². The molecule has 8 heteroatoms. The van der Waals surface area contributed by atoms with Crippen LogP contribution in [0.5, 0.6) is 0 Å². The molecule has 2 rings (SSSR count). The fraction of sp³-hybridized carbons (Fsp3) is 0.400. The minimum atomic E-state index is -1.06. The van der Waals surface area contributed by atoms with Crippen LogP contribution in [0.3, 0.4) is 0 Å². The molecule has 0 spiro atoms. The van der Waals surface area contributed by atoms with Gasteiger partial charge in [-0.25, -0.2) is 9.78 Å². The van der Waals surface area contributed by atoms with Crippen LogP contribution in [-0.4, -0.2) is 37.6 Å². The number of nitrogens with zero attached hydrogens (tertiary/aromatic N) is 4. The van der Waals surface area contributed by atoms with Crippen LogP contribution in [0.25, 0.3) is 0 Å². The number of aromatic carboxylic acids is 1. The third-order valence-electron chi connectivity index (χ3n) is 2.22. The van der Waals surface area contributed by atoms with E-state index in [0.29, 0.717) is 19.6 Å². The van der Waals surface area contributed by atoms with Crippen LogP contribution in [0.2, 0.25) is 0 Å². The number of carbonyl (C=O) groups is 1. The van der Waals surface area contributed by atoms with E-state index in [1.54, 1.807) is 11.3 Å². The number of nitrogens with one attached hydrogen (secondary N) is 1. The second-order valence-electron chi connectivity index (χ2n) is 3.73. The monoisotopic (exact) mass is 267 g/mol. The molecule has 2 N–H and O–H groups in total. The van der Waals surface area contributed by atoms with Gasteiger partial charge in [0.2, 0.25) is 0 Å². The Hall–Kier alpha value is -1.80. The Labute approximate surface area is 107 Å². The third kappa shape index (κ3) is 3.34. The molecule has 0 saturated heterocycles. The normalized spacial score (nSPS) is 10.7. The minimum Gasteiger partial charge on any atom is -0.476 e. The fourth-order valence-electron chi connectivity index (χ4n) is 1.38. The first-order chi connectivity index (χ1) is 8.65. The summed E-state index contributed by atoms with van der Waals surface area (Å²) in [6.45, 7) is 3.92. The number of carboxylic acids is 1. The lowest BCUT2D eigenvalue weighted by Gasteiger charge is -2.01. The van der Waals surface area contributed by atoms with Gasteiger partial charge < -0.3 is 10.4 Å². The first-order valence-corrected chi connectivity index (χ1v) is 6.28. The zero-order valence-corrected chi connectivity index (χ0v) is 10.6. The molecule has 96 valence electrons. The van der Waals surface area contributed by atoms with E-state index in [-0.39, 0.29) is 5.69 Å². The van der Waals surface area contributed by atoms with E-state index >= 15 is 0 Å². The van der Waals surface area contributed by atoms with Gasteiger partial charge in [-0.3, -0.25) is 4.68 Å². The van der Waals surface area contributed by atoms with E-state index in [2.05, 4.69) is 20.6 Å². The van der Waals surface area contributed by atoms with E-state index in [9.17, 15) is 4.79 Å². The molecule has 7 nitrogen and oxygen atoms in total. The Morgan fingerprint density at radius 3 is 3.06 bits per heavy atom. The number of hydrogen-bond acceptors (Lipinski definition) is 6. The van der Waals surface area contributed by atoms with Crippen LogP contribution >= 0.6 is 11.3 Å². The van der Waals surface area contributed by atoms with Gasteiger partial charge in [0, 0.05) is 24.2 Å². The first kappa shape index (κ1) is 12.7. The molecular weight excluding hydrogens is 254 g/mol. The molecular formula is C10H13N5O2S. The third-order valence-corrected chi connectivity index (χ3v) is 3.18. The van der Waals surface area contributed by atoms with Gasteiger partial charge in [0.05, 0.1) is 12.7 Å². The minimum absolute atomic E-state index is 0.0365. The van der Waals surface area contributed by atoms with Gasteiger partial charge in [0.25, 0.3) is 0 Å². The van der Waals surface area contributed by atoms with E-state index in [0.717, 1.165) is 10.7 Å². The van der Waals surface area contributed by atoms with Crippen molar-refractivity contribution in [1.82, 2.24) is 25.3 Å². The topological polar surface area (TPSA) is 92.9 Å². The summed E-state index contributed by atoms with van der Waals surface area (Å²) in [6, 6.07) is 0. The van der Waals surface area contributed by atoms with Crippen molar-refractivity contribution in [1.29, 1.82) is 0 Å². The largest absolute Gasteiger partial charge is 0.476 e. The van der Waals surface area contributed by atoms with E-state index in [4.69, 9.17) is 5.11 Å². The van der Waals surface area contributed by atoms with Crippen molar-refractivity contribution in [3.8, 4) is 0 Å². The SMILES string of the molecule is Cc1csc(CNCCn2cc(C(=O)O)nn2)n1. The maximum absolute atomic E-state index is 10.6. The number of thiazole rings is 1. The Morgan fingerprint density at radius 1 is 1.61 bits per heavy atom. The highest BCUT2D eigenvalue weighted by atomic mass is 32.1. The Kier molecular flexibility index (Phi) is 4.00. The Bertz CT molecular complexity index is 536. The molecule has 18 heavy (non-hydrogen) atoms. The van der Waals surface area contributed by atoms with Crippen molar-refractivity contribution in [3.05, 3.63) is 28.0 Å². The van der Waals surface area contributed by atoms with Crippen molar-refractivity contribution in [2.75, 3.05) is 6.54 Å². The lowest BCUT2D eigenvalue weighted by Crippen LogP contribution is -2.19. The number of carboxylic acid groups (broad SMARTS) is 1. The highest BCUT2D eigenvalue weighted by Crippen LogP contribution is 2.07. The van der Waals surface area contributed by atoms with Crippen LogP contribution in [0, 0.1) is 6.92 Å². The number of aromatic nitrogens is 4. The highest BCUT2D eigenvalue weighted by molar-refractivity contribution is 7.09. The van der Waals surface area contributed by atoms with Crippen LogP contribution in [0.4, 0.5) is 0 Å². The maximum Gasteiger partial charge on any atom is 0.358 e. The Balaban J connectivity index is 1.73. The standard InChI is InChI=1S/C10H13N5O2S/c1-7-6-18-9(12-7)4-11-2-3-15-5-8(10(16)17)13-14-15/h5-6,11H,2-4H2,1H3,(H,16,17). The van der Waals surface area contributed by atoms with Crippen molar-refractivity contribution in [2.24, 2.45) is 0 Å². The number of aryl methyl sites for hydroxylation is 1. The molecule has 0 fully saturated rings. The molecule has 0 radical (unpaired) electrons. The van der Waals surface area contributed by atoms with Crippen molar-refractivity contribution in [3.63, 3.8) is 0 Å². The molecule has 0 aliphatic carbocycles. The van der Waals surface area contributed by atoms with Crippen molar-refractivity contribution in [2.45, 2.75) is 20.0 Å². The number of hydrogen-bond donors (Lipinski definition) is 2. The molecule has 0 aliphatic heterocycles. The molecule has 0 aliphatic rings. The first-order valence-electron chi connectivity index (χ1n) is 5.40. The summed E-state index contributed by atoms with van der Waals surface area (Å²) in [6.07, 6.45) is 1.41. The summed E-state index contributed by atoms with van der Waals surface area (Å²) >= 11 is 1.62. The molecule has 0 atom stereocenters. The average molecular weight is 267 g/mol. The van der Waals surface area contributed by atoms with Gasteiger partial charge in [-0.2, -0.15) is 0 Å². The second-order valence-corrected chi connectivity index (χ2v) is 4.67. The average Bonchev–Trinajstić information content (AvgIpc) is 2.93. The van der Waals surface area contributed by atoms with Gasteiger partial charge in [-0.1, -0.05) is 5.21 Å². The van der Waals surface area contributed by atoms with E-state index in [1.807, 2.05) is 12.3 Å². The molecule has 0 bridgehead atoms. The summed E-state index contributed by atoms with van der Waals surface area (Å²) in [4.78, 5) is 14.9. The predicted octanol–water partition coefficient (Wildman–Crippen LogP) is 0.531. The smallest absolute Gasteiger partial charge is 0.358 e.